The molecule has 0 aliphatic carbocycles. The number of hydrogen-bond donors (Lipinski definition) is 1. The quantitative estimate of drug-likeness (QED) is 0.531. The van der Waals surface area contributed by atoms with Gasteiger partial charge in [-0.3, -0.25) is 0 Å². The van der Waals surface area contributed by atoms with Crippen LogP contribution in [0, 0.1) is 12.7 Å². The fraction of sp³-hybridized carbons (Fsp3) is 0.458. The number of rotatable bonds is 7. The van der Waals surface area contributed by atoms with Gasteiger partial charge in [-0.05, 0) is 26.5 Å². The van der Waals surface area contributed by atoms with Gasteiger partial charge in [0.1, 0.15) is 23.1 Å². The summed E-state index contributed by atoms with van der Waals surface area (Å²) in [6, 6.07) is 5.34. The smallest absolute Gasteiger partial charge is 0.266 e. The molecule has 3 heterocycles. The summed E-state index contributed by atoms with van der Waals surface area (Å²) in [5, 5.41) is 3.84. The minimum atomic E-state index is -2.89. The molecule has 0 saturated carbocycles. The molecule has 1 fully saturated rings. The number of piperazine rings is 1. The lowest BCUT2D eigenvalue weighted by Crippen LogP contribution is -2.46. The molecule has 0 bridgehead atoms. The van der Waals surface area contributed by atoms with Crippen molar-refractivity contribution < 1.29 is 17.9 Å². The van der Waals surface area contributed by atoms with Crippen molar-refractivity contribution in [2.75, 3.05) is 50.1 Å². The number of alkyl halides is 2. The third-order valence-electron chi connectivity index (χ3n) is 6.21. The lowest BCUT2D eigenvalue weighted by molar-refractivity contribution is 0.146. The first kappa shape index (κ1) is 24.0. The van der Waals surface area contributed by atoms with E-state index in [0.29, 0.717) is 28.6 Å². The van der Waals surface area contributed by atoms with Gasteiger partial charge in [-0.2, -0.15) is 4.98 Å². The summed E-state index contributed by atoms with van der Waals surface area (Å²) in [7, 11) is 1.58. The Hall–Kier alpha value is -3.14. The number of aromatic nitrogens is 3. The van der Waals surface area contributed by atoms with Crippen molar-refractivity contribution in [2.45, 2.75) is 33.2 Å². The van der Waals surface area contributed by atoms with E-state index in [1.165, 1.54) is 12.1 Å². The van der Waals surface area contributed by atoms with E-state index in [0.717, 1.165) is 44.5 Å². The molecule has 1 saturated heterocycles. The van der Waals surface area contributed by atoms with Gasteiger partial charge in [0.15, 0.2) is 5.65 Å². The first-order valence-electron chi connectivity index (χ1n) is 11.4. The summed E-state index contributed by atoms with van der Waals surface area (Å²) in [5.41, 5.74) is 0.797. The van der Waals surface area contributed by atoms with Gasteiger partial charge in [0.25, 0.3) is 6.43 Å². The average Bonchev–Trinajstić information content (AvgIpc) is 2.83. The number of likely N-dealkylation sites (N-methyl/N-ethyl adjacent to an activating group) is 1. The predicted octanol–water partition coefficient (Wildman–Crippen LogP) is 4.73. The summed E-state index contributed by atoms with van der Waals surface area (Å²) in [6.45, 7) is 10.1. The van der Waals surface area contributed by atoms with E-state index >= 15 is 0 Å². The van der Waals surface area contributed by atoms with Gasteiger partial charge in [-0.1, -0.05) is 25.1 Å². The number of hydrogen-bond acceptors (Lipinski definition) is 7. The molecule has 3 aromatic rings. The number of anilines is 2. The van der Waals surface area contributed by atoms with Crippen molar-refractivity contribution in [1.82, 2.24) is 19.9 Å². The van der Waals surface area contributed by atoms with E-state index < -0.39 is 23.8 Å². The van der Waals surface area contributed by atoms with Crippen LogP contribution < -0.4 is 15.0 Å². The molecule has 182 valence electrons. The SMILES string of the molecule is CCN1CCN(c2cc3c(N[C@H](C)c4cccc(C(F)F)c4F)nc(C)nc3nc2OC)CC1. The van der Waals surface area contributed by atoms with Crippen LogP contribution in [0.3, 0.4) is 0 Å². The van der Waals surface area contributed by atoms with Gasteiger partial charge < -0.3 is 19.9 Å². The second-order valence-corrected chi connectivity index (χ2v) is 8.35. The number of ether oxygens (including phenoxy) is 1. The first-order valence-corrected chi connectivity index (χ1v) is 11.4. The standard InChI is InChI=1S/C24H29F3N6O/c1-5-32-9-11-33(12-10-32)19-13-18-22(29-15(3)30-23(18)31-24(19)34-4)28-14(2)16-7-6-8-17(20(16)25)21(26)27/h6-8,13-14,21H,5,9-12H2,1-4H3,(H,28,29,30,31)/t14-/m1/s1. The van der Waals surface area contributed by atoms with E-state index in [4.69, 9.17) is 4.74 Å². The van der Waals surface area contributed by atoms with Crippen LogP contribution in [0.1, 0.15) is 43.3 Å². The van der Waals surface area contributed by atoms with Crippen molar-refractivity contribution in [2.24, 2.45) is 0 Å². The van der Waals surface area contributed by atoms with Crippen molar-refractivity contribution in [1.29, 1.82) is 0 Å². The largest absolute Gasteiger partial charge is 0.479 e. The maximum absolute atomic E-state index is 14.7. The highest BCUT2D eigenvalue weighted by atomic mass is 19.3. The molecule has 2 aromatic heterocycles. The Balaban J connectivity index is 1.72. The maximum Gasteiger partial charge on any atom is 0.266 e. The first-order chi connectivity index (χ1) is 16.3. The lowest BCUT2D eigenvalue weighted by atomic mass is 10.0. The third kappa shape index (κ3) is 4.72. The normalized spacial score (nSPS) is 15.7. The van der Waals surface area contributed by atoms with Crippen molar-refractivity contribution in [3.05, 3.63) is 47.0 Å². The number of fused-ring (bicyclic) bond motifs is 1. The van der Waals surface area contributed by atoms with E-state index in [1.807, 2.05) is 6.07 Å². The molecule has 0 radical (unpaired) electrons. The van der Waals surface area contributed by atoms with Crippen molar-refractivity contribution >= 4 is 22.5 Å². The lowest BCUT2D eigenvalue weighted by Gasteiger charge is -2.35. The zero-order chi connectivity index (χ0) is 24.4. The van der Waals surface area contributed by atoms with Crippen LogP contribution in [0.25, 0.3) is 11.0 Å². The van der Waals surface area contributed by atoms with E-state index in [-0.39, 0.29) is 5.56 Å². The Morgan fingerprint density at radius 1 is 1.09 bits per heavy atom. The molecular formula is C24H29F3N6O. The number of nitrogens with zero attached hydrogens (tertiary/aromatic N) is 5. The molecule has 0 spiro atoms. The Labute approximate surface area is 197 Å². The molecule has 1 aromatic carbocycles. The van der Waals surface area contributed by atoms with Gasteiger partial charge in [-0.15, -0.1) is 0 Å². The second-order valence-electron chi connectivity index (χ2n) is 8.35. The minimum absolute atomic E-state index is 0.139. The van der Waals surface area contributed by atoms with Crippen molar-refractivity contribution in [3.8, 4) is 5.88 Å². The Morgan fingerprint density at radius 2 is 1.79 bits per heavy atom. The maximum atomic E-state index is 14.7. The Bertz CT molecular complexity index is 1170. The van der Waals surface area contributed by atoms with Crippen LogP contribution in [0.5, 0.6) is 5.88 Å². The summed E-state index contributed by atoms with van der Waals surface area (Å²) in [4.78, 5) is 18.2. The minimum Gasteiger partial charge on any atom is -0.479 e. The molecule has 0 amide bonds. The number of pyridine rings is 1. The average molecular weight is 475 g/mol. The third-order valence-corrected chi connectivity index (χ3v) is 6.21. The molecular weight excluding hydrogens is 445 g/mol. The molecule has 1 N–H and O–H groups in total. The number of halogens is 3. The number of methoxy groups -OCH3 is 1. The van der Waals surface area contributed by atoms with E-state index in [1.54, 1.807) is 21.0 Å². The molecule has 34 heavy (non-hydrogen) atoms. The van der Waals surface area contributed by atoms with Crippen LogP contribution in [-0.4, -0.2) is 59.7 Å². The fourth-order valence-corrected chi connectivity index (χ4v) is 4.28. The highest BCUT2D eigenvalue weighted by molar-refractivity contribution is 5.90. The zero-order valence-corrected chi connectivity index (χ0v) is 19.8. The van der Waals surface area contributed by atoms with Gasteiger partial charge in [0.2, 0.25) is 5.88 Å². The Morgan fingerprint density at radius 3 is 2.44 bits per heavy atom. The molecule has 10 heteroatoms. The zero-order valence-electron chi connectivity index (χ0n) is 19.8. The number of aryl methyl sites for hydroxylation is 1. The molecule has 0 unspecified atom stereocenters. The predicted molar refractivity (Wildman–Crippen MR) is 126 cm³/mol. The highest BCUT2D eigenvalue weighted by Gasteiger charge is 2.24. The number of benzene rings is 1. The summed E-state index contributed by atoms with van der Waals surface area (Å²) in [6.07, 6.45) is -2.89. The fourth-order valence-electron chi connectivity index (χ4n) is 4.28. The highest BCUT2D eigenvalue weighted by Crippen LogP contribution is 2.35. The van der Waals surface area contributed by atoms with E-state index in [2.05, 4.69) is 37.0 Å². The molecule has 4 rings (SSSR count). The monoisotopic (exact) mass is 474 g/mol. The molecule has 1 atom stereocenters. The van der Waals surface area contributed by atoms with Gasteiger partial charge in [-0.25, -0.2) is 23.1 Å². The van der Waals surface area contributed by atoms with E-state index in [9.17, 15) is 13.2 Å². The molecule has 7 nitrogen and oxygen atoms in total. The molecule has 1 aliphatic heterocycles. The van der Waals surface area contributed by atoms with Gasteiger partial charge >= 0.3 is 0 Å². The Kier molecular flexibility index (Phi) is 7.06. The second kappa shape index (κ2) is 10.0. The van der Waals surface area contributed by atoms with Crippen LogP contribution in [0.15, 0.2) is 24.3 Å². The number of nitrogens with one attached hydrogen (secondary N) is 1. The van der Waals surface area contributed by atoms with Crippen LogP contribution in [0.2, 0.25) is 0 Å². The van der Waals surface area contributed by atoms with Crippen LogP contribution in [-0.2, 0) is 0 Å². The topological polar surface area (TPSA) is 66.4 Å². The van der Waals surface area contributed by atoms with Crippen molar-refractivity contribution in [3.63, 3.8) is 0 Å². The van der Waals surface area contributed by atoms with Gasteiger partial charge in [0.05, 0.1) is 24.1 Å². The van der Waals surface area contributed by atoms with Crippen LogP contribution >= 0.6 is 0 Å². The molecule has 1 aliphatic rings. The summed E-state index contributed by atoms with van der Waals surface area (Å²) in [5.74, 6) is 0.496. The van der Waals surface area contributed by atoms with Crippen LogP contribution in [0.4, 0.5) is 24.7 Å². The summed E-state index contributed by atoms with van der Waals surface area (Å²) >= 11 is 0. The van der Waals surface area contributed by atoms with Gasteiger partial charge in [0, 0.05) is 31.7 Å². The summed E-state index contributed by atoms with van der Waals surface area (Å²) < 4.78 is 46.7.